The van der Waals surface area contributed by atoms with E-state index in [-0.39, 0.29) is 33.8 Å². The molecule has 0 fully saturated rings. The summed E-state index contributed by atoms with van der Waals surface area (Å²) in [5.41, 5.74) is 0.827. The molecule has 11 heteroatoms. The maximum absolute atomic E-state index is 14.0. The number of amides is 2. The van der Waals surface area contributed by atoms with Gasteiger partial charge < -0.3 is 15.0 Å². The molecule has 3 aromatic carbocycles. The number of likely N-dealkylation sites (N-methyl/N-ethyl adjacent to an activating group) is 1. The van der Waals surface area contributed by atoms with E-state index in [2.05, 4.69) is 5.32 Å². The van der Waals surface area contributed by atoms with Gasteiger partial charge in [-0.1, -0.05) is 60.5 Å². The number of methoxy groups -OCH3 is 1. The summed E-state index contributed by atoms with van der Waals surface area (Å²) in [7, 11) is -2.84. The second-order valence-electron chi connectivity index (χ2n) is 8.61. The van der Waals surface area contributed by atoms with Crippen LogP contribution >= 0.6 is 23.2 Å². The van der Waals surface area contributed by atoms with E-state index in [0.29, 0.717) is 18.0 Å². The third-order valence-corrected chi connectivity index (χ3v) is 8.28. The zero-order valence-corrected chi connectivity index (χ0v) is 24.3. The quantitative estimate of drug-likeness (QED) is 0.314. The molecule has 0 aromatic heterocycles. The van der Waals surface area contributed by atoms with Crippen LogP contribution in [0.25, 0.3) is 0 Å². The molecular formula is C28H31Cl2N3O5S. The first-order valence-corrected chi connectivity index (χ1v) is 14.5. The minimum Gasteiger partial charge on any atom is -0.495 e. The minimum atomic E-state index is -4.24. The van der Waals surface area contributed by atoms with E-state index >= 15 is 0 Å². The molecule has 0 aliphatic carbocycles. The Morgan fingerprint density at radius 2 is 1.59 bits per heavy atom. The summed E-state index contributed by atoms with van der Waals surface area (Å²) in [5.74, 6) is -0.698. The van der Waals surface area contributed by atoms with Crippen molar-refractivity contribution >= 4 is 50.7 Å². The molecule has 1 atom stereocenters. The number of anilines is 1. The highest BCUT2D eigenvalue weighted by molar-refractivity contribution is 7.92. The minimum absolute atomic E-state index is 0.0140. The van der Waals surface area contributed by atoms with Crippen LogP contribution in [0.5, 0.6) is 5.75 Å². The molecule has 39 heavy (non-hydrogen) atoms. The number of nitrogens with one attached hydrogen (secondary N) is 1. The Hall–Kier alpha value is -3.27. The zero-order valence-electron chi connectivity index (χ0n) is 21.9. The monoisotopic (exact) mass is 591 g/mol. The fourth-order valence-corrected chi connectivity index (χ4v) is 5.82. The van der Waals surface area contributed by atoms with Gasteiger partial charge in [-0.3, -0.25) is 13.9 Å². The number of rotatable bonds is 12. The number of carbonyl (C=O) groups is 2. The largest absolute Gasteiger partial charge is 0.495 e. The first kappa shape index (κ1) is 30.3. The van der Waals surface area contributed by atoms with Crippen molar-refractivity contribution in [2.75, 3.05) is 24.5 Å². The number of hydrogen-bond acceptors (Lipinski definition) is 5. The number of benzene rings is 3. The van der Waals surface area contributed by atoms with E-state index in [1.165, 1.54) is 36.3 Å². The Morgan fingerprint density at radius 1 is 0.949 bits per heavy atom. The van der Waals surface area contributed by atoms with E-state index in [9.17, 15) is 18.0 Å². The van der Waals surface area contributed by atoms with Gasteiger partial charge in [-0.25, -0.2) is 8.42 Å². The van der Waals surface area contributed by atoms with Gasteiger partial charge in [-0.2, -0.15) is 0 Å². The van der Waals surface area contributed by atoms with Gasteiger partial charge in [0.2, 0.25) is 11.8 Å². The first-order chi connectivity index (χ1) is 18.6. The van der Waals surface area contributed by atoms with Gasteiger partial charge in [0.05, 0.1) is 17.7 Å². The second kappa shape index (κ2) is 13.7. The Bertz CT molecular complexity index is 1390. The Labute approximate surface area is 239 Å². The lowest BCUT2D eigenvalue weighted by Crippen LogP contribution is -2.52. The fraction of sp³-hybridized carbons (Fsp3) is 0.286. The summed E-state index contributed by atoms with van der Waals surface area (Å²) >= 11 is 12.3. The highest BCUT2D eigenvalue weighted by Crippen LogP contribution is 2.35. The van der Waals surface area contributed by atoms with Crippen molar-refractivity contribution < 1.29 is 22.7 Å². The number of sulfonamides is 1. The average molecular weight is 593 g/mol. The summed E-state index contributed by atoms with van der Waals surface area (Å²) in [5, 5.41) is 3.56. The molecule has 8 nitrogen and oxygen atoms in total. The Kier molecular flexibility index (Phi) is 10.6. The van der Waals surface area contributed by atoms with Crippen molar-refractivity contribution in [1.29, 1.82) is 0 Å². The Balaban J connectivity index is 2.11. The van der Waals surface area contributed by atoms with Crippen LogP contribution in [-0.4, -0.2) is 51.4 Å². The SMILES string of the molecule is CCNC(=O)[C@@H](CC)N(Cc1ccc(Cl)cc1)C(=O)CN(c1cc(Cl)ccc1OC)S(=O)(=O)c1ccccc1. The molecule has 3 rings (SSSR count). The molecule has 0 aliphatic heterocycles. The molecule has 0 bridgehead atoms. The molecule has 0 saturated heterocycles. The van der Waals surface area contributed by atoms with Crippen LogP contribution in [0.4, 0.5) is 5.69 Å². The molecule has 0 unspecified atom stereocenters. The predicted molar refractivity (Wildman–Crippen MR) is 154 cm³/mol. The zero-order chi connectivity index (χ0) is 28.6. The highest BCUT2D eigenvalue weighted by Gasteiger charge is 2.34. The summed E-state index contributed by atoms with van der Waals surface area (Å²) in [4.78, 5) is 28.4. The van der Waals surface area contributed by atoms with E-state index < -0.39 is 28.5 Å². The molecular weight excluding hydrogens is 561 g/mol. The molecule has 0 aliphatic rings. The number of halogens is 2. The van der Waals surface area contributed by atoms with Crippen LogP contribution in [0.1, 0.15) is 25.8 Å². The van der Waals surface area contributed by atoms with Crippen molar-refractivity contribution in [2.24, 2.45) is 0 Å². The lowest BCUT2D eigenvalue weighted by molar-refractivity contribution is -0.140. The number of hydrogen-bond donors (Lipinski definition) is 1. The van der Waals surface area contributed by atoms with E-state index in [1.54, 1.807) is 62.4 Å². The third-order valence-electron chi connectivity index (χ3n) is 6.02. The van der Waals surface area contributed by atoms with Crippen LogP contribution in [0.15, 0.2) is 77.7 Å². The molecule has 0 spiro atoms. The van der Waals surface area contributed by atoms with Gasteiger partial charge in [0.25, 0.3) is 10.0 Å². The second-order valence-corrected chi connectivity index (χ2v) is 11.3. The van der Waals surface area contributed by atoms with Gasteiger partial charge in [-0.15, -0.1) is 0 Å². The average Bonchev–Trinajstić information content (AvgIpc) is 2.93. The van der Waals surface area contributed by atoms with Crippen molar-refractivity contribution in [3.05, 3.63) is 88.4 Å². The van der Waals surface area contributed by atoms with Crippen molar-refractivity contribution in [2.45, 2.75) is 37.8 Å². The van der Waals surface area contributed by atoms with Crippen LogP contribution in [0.2, 0.25) is 10.0 Å². The fourth-order valence-electron chi connectivity index (χ4n) is 4.09. The lowest BCUT2D eigenvalue weighted by atomic mass is 10.1. The van der Waals surface area contributed by atoms with E-state index in [0.717, 1.165) is 9.87 Å². The smallest absolute Gasteiger partial charge is 0.264 e. The molecule has 0 radical (unpaired) electrons. The summed E-state index contributed by atoms with van der Waals surface area (Å²) < 4.78 is 34.2. The number of carbonyl (C=O) groups excluding carboxylic acids is 2. The highest BCUT2D eigenvalue weighted by atomic mass is 35.5. The summed E-state index contributed by atoms with van der Waals surface area (Å²) in [6.45, 7) is 3.43. The normalized spacial score (nSPS) is 11.9. The van der Waals surface area contributed by atoms with Gasteiger partial charge >= 0.3 is 0 Å². The summed E-state index contributed by atoms with van der Waals surface area (Å²) in [6, 6.07) is 18.3. The Morgan fingerprint density at radius 3 is 2.18 bits per heavy atom. The molecule has 0 saturated carbocycles. The van der Waals surface area contributed by atoms with Crippen molar-refractivity contribution in [3.63, 3.8) is 0 Å². The van der Waals surface area contributed by atoms with Gasteiger partial charge in [0.15, 0.2) is 0 Å². The van der Waals surface area contributed by atoms with Gasteiger partial charge in [-0.05, 0) is 61.4 Å². The van der Waals surface area contributed by atoms with Crippen molar-refractivity contribution in [1.82, 2.24) is 10.2 Å². The molecule has 3 aromatic rings. The lowest BCUT2D eigenvalue weighted by Gasteiger charge is -2.33. The van der Waals surface area contributed by atoms with Crippen molar-refractivity contribution in [3.8, 4) is 5.75 Å². The first-order valence-electron chi connectivity index (χ1n) is 12.3. The maximum atomic E-state index is 14.0. The number of nitrogens with zero attached hydrogens (tertiary/aromatic N) is 2. The van der Waals surface area contributed by atoms with E-state index in [4.69, 9.17) is 27.9 Å². The van der Waals surface area contributed by atoms with E-state index in [1.807, 2.05) is 0 Å². The molecule has 0 heterocycles. The van der Waals surface area contributed by atoms with Crippen LogP contribution in [0, 0.1) is 0 Å². The van der Waals surface area contributed by atoms with Crippen LogP contribution < -0.4 is 14.4 Å². The molecule has 1 N–H and O–H groups in total. The summed E-state index contributed by atoms with van der Waals surface area (Å²) in [6.07, 6.45) is 0.317. The predicted octanol–water partition coefficient (Wildman–Crippen LogP) is 5.14. The standard InChI is InChI=1S/C28H31Cl2N3O5S/c1-4-24(28(35)31-5-2)32(18-20-11-13-21(29)14-12-20)27(34)19-33(25-17-22(30)15-16-26(25)38-3)39(36,37)23-9-7-6-8-10-23/h6-17,24H,4-5,18-19H2,1-3H3,(H,31,35)/t24-/m1/s1. The third kappa shape index (κ3) is 7.44. The van der Waals surface area contributed by atoms with Crippen LogP contribution in [-0.2, 0) is 26.2 Å². The molecule has 208 valence electrons. The maximum Gasteiger partial charge on any atom is 0.264 e. The van der Waals surface area contributed by atoms with Crippen LogP contribution in [0.3, 0.4) is 0 Å². The number of ether oxygens (including phenoxy) is 1. The van der Waals surface area contributed by atoms with Gasteiger partial charge in [0.1, 0.15) is 18.3 Å². The topological polar surface area (TPSA) is 96.0 Å². The van der Waals surface area contributed by atoms with Gasteiger partial charge in [0, 0.05) is 23.1 Å². The molecule has 2 amide bonds.